The number of nitrogens with zero attached hydrogens (tertiary/aromatic N) is 2. The van der Waals surface area contributed by atoms with Gasteiger partial charge in [-0.15, -0.1) is 11.3 Å². The molecule has 0 bridgehead atoms. The normalized spacial score (nSPS) is 11.1. The molecule has 3 aromatic rings. The molecule has 0 aliphatic rings. The molecule has 0 saturated heterocycles. The standard InChI is InChI=1S/C18H21N3OS/c1-12(2)10-22-15-6-4-14(5-7-15)17-11-23-18-20-13(3)16(8-9-19)21(17)18/h4-7,11H,1,8-10,19H2,2-3H3. The zero-order valence-corrected chi connectivity index (χ0v) is 14.3. The van der Waals surface area contributed by atoms with Crippen LogP contribution in [0.25, 0.3) is 16.2 Å². The van der Waals surface area contributed by atoms with Crippen LogP contribution in [0.4, 0.5) is 0 Å². The van der Waals surface area contributed by atoms with E-state index in [0.29, 0.717) is 13.2 Å². The highest BCUT2D eigenvalue weighted by molar-refractivity contribution is 7.15. The number of benzene rings is 1. The molecule has 120 valence electrons. The van der Waals surface area contributed by atoms with Gasteiger partial charge in [0.2, 0.25) is 0 Å². The second-order valence-corrected chi connectivity index (χ2v) is 6.53. The summed E-state index contributed by atoms with van der Waals surface area (Å²) in [6.45, 7) is 9.02. The van der Waals surface area contributed by atoms with Gasteiger partial charge in [-0.2, -0.15) is 0 Å². The molecule has 0 amide bonds. The first kappa shape index (κ1) is 15.8. The molecule has 3 rings (SSSR count). The average molecular weight is 327 g/mol. The molecule has 0 fully saturated rings. The van der Waals surface area contributed by atoms with Crippen LogP contribution >= 0.6 is 11.3 Å². The summed E-state index contributed by atoms with van der Waals surface area (Å²) >= 11 is 1.66. The number of hydrogen-bond donors (Lipinski definition) is 1. The van der Waals surface area contributed by atoms with Crippen LogP contribution in [0.1, 0.15) is 18.3 Å². The lowest BCUT2D eigenvalue weighted by atomic mass is 10.1. The van der Waals surface area contributed by atoms with Crippen molar-refractivity contribution in [3.63, 3.8) is 0 Å². The van der Waals surface area contributed by atoms with Crippen LogP contribution in [0.2, 0.25) is 0 Å². The first-order valence-corrected chi connectivity index (χ1v) is 8.51. The molecule has 0 saturated carbocycles. The predicted octanol–water partition coefficient (Wildman–Crippen LogP) is 3.83. The lowest BCUT2D eigenvalue weighted by Gasteiger charge is -2.08. The number of fused-ring (bicyclic) bond motifs is 1. The van der Waals surface area contributed by atoms with Crippen molar-refractivity contribution in [2.75, 3.05) is 13.2 Å². The van der Waals surface area contributed by atoms with Crippen LogP contribution in [0.5, 0.6) is 5.75 Å². The van der Waals surface area contributed by atoms with Gasteiger partial charge in [-0.3, -0.25) is 4.40 Å². The Morgan fingerprint density at radius 1 is 1.35 bits per heavy atom. The molecule has 1 aromatic carbocycles. The zero-order valence-electron chi connectivity index (χ0n) is 13.5. The molecule has 0 radical (unpaired) electrons. The van der Waals surface area contributed by atoms with Gasteiger partial charge >= 0.3 is 0 Å². The summed E-state index contributed by atoms with van der Waals surface area (Å²) in [4.78, 5) is 5.65. The van der Waals surface area contributed by atoms with Crippen molar-refractivity contribution < 1.29 is 4.74 Å². The maximum atomic E-state index is 5.75. The van der Waals surface area contributed by atoms with Gasteiger partial charge in [-0.25, -0.2) is 4.98 Å². The van der Waals surface area contributed by atoms with Gasteiger partial charge in [0.15, 0.2) is 4.96 Å². The zero-order chi connectivity index (χ0) is 16.4. The maximum Gasteiger partial charge on any atom is 0.194 e. The van der Waals surface area contributed by atoms with Crippen molar-refractivity contribution in [1.29, 1.82) is 0 Å². The number of rotatable bonds is 6. The van der Waals surface area contributed by atoms with E-state index in [-0.39, 0.29) is 0 Å². The lowest BCUT2D eigenvalue weighted by molar-refractivity contribution is 0.353. The summed E-state index contributed by atoms with van der Waals surface area (Å²) in [6.07, 6.45) is 0.830. The monoisotopic (exact) mass is 327 g/mol. The van der Waals surface area contributed by atoms with Crippen molar-refractivity contribution in [3.05, 3.63) is 53.2 Å². The number of ether oxygens (including phenoxy) is 1. The number of imidazole rings is 1. The molecule has 0 aliphatic heterocycles. The average Bonchev–Trinajstić information content (AvgIpc) is 3.06. The minimum atomic E-state index is 0.545. The van der Waals surface area contributed by atoms with E-state index in [2.05, 4.69) is 33.5 Å². The van der Waals surface area contributed by atoms with E-state index in [1.54, 1.807) is 11.3 Å². The van der Waals surface area contributed by atoms with Crippen LogP contribution in [-0.2, 0) is 6.42 Å². The number of aromatic nitrogens is 2. The Hall–Kier alpha value is -2.11. The van der Waals surface area contributed by atoms with Gasteiger partial charge in [0, 0.05) is 17.5 Å². The van der Waals surface area contributed by atoms with E-state index in [9.17, 15) is 0 Å². The van der Waals surface area contributed by atoms with Crippen molar-refractivity contribution >= 4 is 16.3 Å². The minimum absolute atomic E-state index is 0.545. The van der Waals surface area contributed by atoms with E-state index in [1.165, 1.54) is 5.69 Å². The van der Waals surface area contributed by atoms with E-state index in [1.807, 2.05) is 26.0 Å². The molecule has 4 nitrogen and oxygen atoms in total. The Labute approximate surface area is 140 Å². The number of hydrogen-bond acceptors (Lipinski definition) is 4. The SMILES string of the molecule is C=C(C)COc1ccc(-c2csc3nc(C)c(CCN)n23)cc1. The third-order valence-electron chi connectivity index (χ3n) is 3.68. The maximum absolute atomic E-state index is 5.75. The van der Waals surface area contributed by atoms with E-state index < -0.39 is 0 Å². The first-order valence-electron chi connectivity index (χ1n) is 7.63. The van der Waals surface area contributed by atoms with Crippen LogP contribution in [0.3, 0.4) is 0 Å². The van der Waals surface area contributed by atoms with Crippen molar-refractivity contribution in [3.8, 4) is 17.0 Å². The Balaban J connectivity index is 1.95. The summed E-state index contributed by atoms with van der Waals surface area (Å²) in [5.41, 5.74) is 11.3. The number of aryl methyl sites for hydroxylation is 1. The molecule has 23 heavy (non-hydrogen) atoms. The fraction of sp³-hybridized carbons (Fsp3) is 0.278. The van der Waals surface area contributed by atoms with Crippen LogP contribution < -0.4 is 10.5 Å². The summed E-state index contributed by atoms with van der Waals surface area (Å²) in [6, 6.07) is 8.15. The van der Waals surface area contributed by atoms with Gasteiger partial charge in [0.25, 0.3) is 0 Å². The third-order valence-corrected chi connectivity index (χ3v) is 4.50. The molecular formula is C18H21N3OS. The van der Waals surface area contributed by atoms with E-state index in [0.717, 1.165) is 39.7 Å². The van der Waals surface area contributed by atoms with Crippen LogP contribution in [-0.4, -0.2) is 22.5 Å². The second kappa shape index (κ2) is 6.56. The summed E-state index contributed by atoms with van der Waals surface area (Å²) in [7, 11) is 0. The van der Waals surface area contributed by atoms with Crippen molar-refractivity contribution in [2.24, 2.45) is 5.73 Å². The Morgan fingerprint density at radius 2 is 2.09 bits per heavy atom. The molecule has 0 spiro atoms. The topological polar surface area (TPSA) is 52.5 Å². The Bertz CT molecular complexity index is 830. The van der Waals surface area contributed by atoms with Crippen molar-refractivity contribution in [2.45, 2.75) is 20.3 Å². The predicted molar refractivity (Wildman–Crippen MR) is 96.3 cm³/mol. The fourth-order valence-corrected chi connectivity index (χ4v) is 3.54. The number of thiazole rings is 1. The van der Waals surface area contributed by atoms with Crippen LogP contribution in [0.15, 0.2) is 41.8 Å². The smallest absolute Gasteiger partial charge is 0.194 e. The van der Waals surface area contributed by atoms with Crippen molar-refractivity contribution in [1.82, 2.24) is 9.38 Å². The molecule has 0 aliphatic carbocycles. The third kappa shape index (κ3) is 3.16. The Morgan fingerprint density at radius 3 is 2.74 bits per heavy atom. The van der Waals surface area contributed by atoms with Gasteiger partial charge in [0.1, 0.15) is 12.4 Å². The fourth-order valence-electron chi connectivity index (χ4n) is 2.58. The largest absolute Gasteiger partial charge is 0.489 e. The molecule has 2 aromatic heterocycles. The highest BCUT2D eigenvalue weighted by Crippen LogP contribution is 2.30. The minimum Gasteiger partial charge on any atom is -0.489 e. The quantitative estimate of drug-likeness (QED) is 0.700. The number of nitrogens with two attached hydrogens (primary N) is 1. The summed E-state index contributed by atoms with van der Waals surface area (Å²) in [5, 5.41) is 2.14. The molecule has 0 atom stereocenters. The molecule has 5 heteroatoms. The van der Waals surface area contributed by atoms with Gasteiger partial charge in [-0.1, -0.05) is 6.58 Å². The first-order chi connectivity index (χ1) is 11.1. The summed E-state index contributed by atoms with van der Waals surface area (Å²) in [5.74, 6) is 0.854. The van der Waals surface area contributed by atoms with E-state index >= 15 is 0 Å². The Kier molecular flexibility index (Phi) is 4.50. The second-order valence-electron chi connectivity index (χ2n) is 5.69. The van der Waals surface area contributed by atoms with Gasteiger partial charge in [0.05, 0.1) is 11.4 Å². The summed E-state index contributed by atoms with van der Waals surface area (Å²) < 4.78 is 7.88. The van der Waals surface area contributed by atoms with Gasteiger partial charge in [-0.05, 0) is 55.8 Å². The molecular weight excluding hydrogens is 306 g/mol. The lowest BCUT2D eigenvalue weighted by Crippen LogP contribution is -2.06. The highest BCUT2D eigenvalue weighted by Gasteiger charge is 2.14. The molecule has 2 N–H and O–H groups in total. The van der Waals surface area contributed by atoms with Gasteiger partial charge < -0.3 is 10.5 Å². The molecule has 2 heterocycles. The van der Waals surface area contributed by atoms with Crippen LogP contribution in [0, 0.1) is 6.92 Å². The van der Waals surface area contributed by atoms with E-state index in [4.69, 9.17) is 10.5 Å². The molecule has 0 unspecified atom stereocenters. The highest BCUT2D eigenvalue weighted by atomic mass is 32.1.